The second kappa shape index (κ2) is 17.8. The highest BCUT2D eigenvalue weighted by Gasteiger charge is 2.11. The van der Waals surface area contributed by atoms with E-state index >= 15 is 0 Å². The van der Waals surface area contributed by atoms with Crippen LogP contribution in [0.1, 0.15) is 70.9 Å². The Balaban J connectivity index is 0.000000437. The summed E-state index contributed by atoms with van der Waals surface area (Å²) in [6.45, 7) is 16.5. The lowest BCUT2D eigenvalue weighted by Gasteiger charge is -2.26. The van der Waals surface area contributed by atoms with E-state index in [1.165, 1.54) is 44.1 Å². The lowest BCUT2D eigenvalue weighted by molar-refractivity contribution is 0.180. The molecular formula is C28H47N5O. The number of piperidine rings is 1. The van der Waals surface area contributed by atoms with Gasteiger partial charge in [-0.05, 0) is 51.3 Å². The van der Waals surface area contributed by atoms with Gasteiger partial charge in [-0.1, -0.05) is 63.9 Å². The Labute approximate surface area is 208 Å². The standard InChI is InChI=1S/C18H32N4O.C8H9N.C2H6/c1-3-8-22(9-4-2)16-14-17(19)20-18(15-16)23-13-12-21-10-6-5-7-11-21;1-7-3-2-4-8(5-7)6-9;1-2/h14-15H,3-13H2,1-2H3,(H2,19,20);2-6,9H,1H3;1-2H3. The third-order valence-electron chi connectivity index (χ3n) is 5.47. The number of nitrogen functional groups attached to an aromatic ring is 1. The number of aryl methyl sites for hydroxylation is 1. The van der Waals surface area contributed by atoms with Gasteiger partial charge in [0.15, 0.2) is 0 Å². The molecule has 0 amide bonds. The molecule has 0 saturated carbocycles. The summed E-state index contributed by atoms with van der Waals surface area (Å²) in [7, 11) is 0. The summed E-state index contributed by atoms with van der Waals surface area (Å²) < 4.78 is 5.88. The van der Waals surface area contributed by atoms with Crippen molar-refractivity contribution in [2.24, 2.45) is 0 Å². The minimum absolute atomic E-state index is 0.535. The van der Waals surface area contributed by atoms with Crippen molar-refractivity contribution in [1.82, 2.24) is 9.88 Å². The predicted octanol–water partition coefficient (Wildman–Crippen LogP) is 6.17. The topological polar surface area (TPSA) is 78.5 Å². The Hall–Kier alpha value is -2.60. The molecule has 1 aromatic heterocycles. The third-order valence-corrected chi connectivity index (χ3v) is 5.47. The SMILES string of the molecule is CC.CCCN(CCC)c1cc(N)nc(OCCN2CCCCC2)c1.Cc1cccc(C=N)c1. The highest BCUT2D eigenvalue weighted by Crippen LogP contribution is 2.23. The van der Waals surface area contributed by atoms with E-state index in [1.54, 1.807) is 0 Å². The fourth-order valence-electron chi connectivity index (χ4n) is 3.90. The van der Waals surface area contributed by atoms with Crippen LogP contribution in [0.15, 0.2) is 36.4 Å². The Morgan fingerprint density at radius 2 is 1.74 bits per heavy atom. The van der Waals surface area contributed by atoms with Crippen molar-refractivity contribution in [1.29, 1.82) is 5.41 Å². The number of nitrogens with two attached hydrogens (primary N) is 1. The van der Waals surface area contributed by atoms with E-state index in [4.69, 9.17) is 15.9 Å². The number of nitrogens with zero attached hydrogens (tertiary/aromatic N) is 3. The summed E-state index contributed by atoms with van der Waals surface area (Å²) in [5, 5.41) is 6.92. The number of nitrogens with one attached hydrogen (secondary N) is 1. The van der Waals surface area contributed by atoms with Crippen LogP contribution in [0.2, 0.25) is 0 Å². The van der Waals surface area contributed by atoms with Crippen LogP contribution in [0, 0.1) is 12.3 Å². The molecule has 2 aromatic rings. The summed E-state index contributed by atoms with van der Waals surface area (Å²) in [6.07, 6.45) is 7.57. The Bertz CT molecular complexity index is 799. The molecule has 190 valence electrons. The number of ether oxygens (including phenoxy) is 1. The molecule has 2 heterocycles. The normalized spacial score (nSPS) is 13.1. The summed E-state index contributed by atoms with van der Waals surface area (Å²) in [5.41, 5.74) is 9.27. The van der Waals surface area contributed by atoms with Crippen molar-refractivity contribution in [2.75, 3.05) is 50.0 Å². The van der Waals surface area contributed by atoms with Gasteiger partial charge in [-0.25, -0.2) is 0 Å². The smallest absolute Gasteiger partial charge is 0.217 e. The Morgan fingerprint density at radius 1 is 1.06 bits per heavy atom. The fourth-order valence-corrected chi connectivity index (χ4v) is 3.90. The molecule has 1 fully saturated rings. The van der Waals surface area contributed by atoms with E-state index in [-0.39, 0.29) is 0 Å². The van der Waals surface area contributed by atoms with Crippen LogP contribution in [0.3, 0.4) is 0 Å². The first-order valence-corrected chi connectivity index (χ1v) is 13.0. The highest BCUT2D eigenvalue weighted by molar-refractivity contribution is 5.76. The molecule has 6 nitrogen and oxygen atoms in total. The first-order chi connectivity index (χ1) is 16.5. The minimum Gasteiger partial charge on any atom is -0.476 e. The Kier molecular flexibility index (Phi) is 15.4. The number of benzene rings is 1. The monoisotopic (exact) mass is 469 g/mol. The molecule has 1 aliphatic heterocycles. The second-order valence-corrected chi connectivity index (χ2v) is 8.38. The molecule has 0 unspecified atom stereocenters. The van der Waals surface area contributed by atoms with E-state index in [9.17, 15) is 0 Å². The molecule has 1 aliphatic rings. The van der Waals surface area contributed by atoms with Crippen LogP contribution < -0.4 is 15.4 Å². The van der Waals surface area contributed by atoms with Crippen LogP contribution in [0.25, 0.3) is 0 Å². The van der Waals surface area contributed by atoms with E-state index in [1.807, 2.05) is 57.2 Å². The van der Waals surface area contributed by atoms with Gasteiger partial charge in [-0.15, -0.1) is 0 Å². The van der Waals surface area contributed by atoms with Crippen molar-refractivity contribution < 1.29 is 4.74 Å². The minimum atomic E-state index is 0.535. The van der Waals surface area contributed by atoms with Crippen molar-refractivity contribution in [3.05, 3.63) is 47.5 Å². The first-order valence-electron chi connectivity index (χ1n) is 13.0. The average Bonchev–Trinajstić information content (AvgIpc) is 2.86. The summed E-state index contributed by atoms with van der Waals surface area (Å²) in [6, 6.07) is 11.8. The van der Waals surface area contributed by atoms with Gasteiger partial charge < -0.3 is 20.8 Å². The number of pyridine rings is 1. The quantitative estimate of drug-likeness (QED) is 0.407. The molecule has 1 aromatic carbocycles. The molecule has 0 bridgehead atoms. The second-order valence-electron chi connectivity index (χ2n) is 8.38. The van der Waals surface area contributed by atoms with Gasteiger partial charge in [0, 0.05) is 43.7 Å². The zero-order valence-electron chi connectivity index (χ0n) is 22.1. The number of anilines is 2. The number of likely N-dealkylation sites (tertiary alicyclic amines) is 1. The number of aromatic nitrogens is 1. The highest BCUT2D eigenvalue weighted by atomic mass is 16.5. The van der Waals surface area contributed by atoms with Crippen LogP contribution in [-0.2, 0) is 0 Å². The molecule has 0 spiro atoms. The van der Waals surface area contributed by atoms with E-state index < -0.39 is 0 Å². The molecule has 34 heavy (non-hydrogen) atoms. The van der Waals surface area contributed by atoms with Crippen LogP contribution in [-0.4, -0.2) is 55.4 Å². The maximum Gasteiger partial charge on any atom is 0.217 e. The zero-order valence-corrected chi connectivity index (χ0v) is 22.1. The van der Waals surface area contributed by atoms with E-state index in [2.05, 4.69) is 28.6 Å². The van der Waals surface area contributed by atoms with Crippen LogP contribution in [0.5, 0.6) is 5.88 Å². The largest absolute Gasteiger partial charge is 0.476 e. The van der Waals surface area contributed by atoms with Gasteiger partial charge in [-0.2, -0.15) is 4.98 Å². The van der Waals surface area contributed by atoms with Crippen molar-refractivity contribution >= 4 is 17.7 Å². The molecule has 3 rings (SSSR count). The predicted molar refractivity (Wildman–Crippen MR) is 148 cm³/mol. The van der Waals surface area contributed by atoms with Gasteiger partial charge in [-0.3, -0.25) is 4.90 Å². The number of hydrogen-bond donors (Lipinski definition) is 2. The van der Waals surface area contributed by atoms with Gasteiger partial charge in [0.25, 0.3) is 0 Å². The van der Waals surface area contributed by atoms with Crippen molar-refractivity contribution in [3.63, 3.8) is 0 Å². The van der Waals surface area contributed by atoms with Crippen LogP contribution in [0.4, 0.5) is 11.5 Å². The number of rotatable bonds is 10. The van der Waals surface area contributed by atoms with Gasteiger partial charge in [0.05, 0.1) is 0 Å². The van der Waals surface area contributed by atoms with E-state index in [0.717, 1.165) is 43.7 Å². The molecule has 0 aliphatic carbocycles. The Morgan fingerprint density at radius 3 is 2.29 bits per heavy atom. The van der Waals surface area contributed by atoms with Crippen molar-refractivity contribution in [3.8, 4) is 5.88 Å². The maximum absolute atomic E-state index is 6.92. The van der Waals surface area contributed by atoms with Gasteiger partial charge >= 0.3 is 0 Å². The van der Waals surface area contributed by atoms with Gasteiger partial charge in [0.1, 0.15) is 12.4 Å². The van der Waals surface area contributed by atoms with E-state index in [0.29, 0.717) is 18.3 Å². The molecule has 3 N–H and O–H groups in total. The lowest BCUT2D eigenvalue weighted by atomic mass is 10.1. The van der Waals surface area contributed by atoms with Gasteiger partial charge in [0.2, 0.25) is 5.88 Å². The molecular weight excluding hydrogens is 422 g/mol. The fraction of sp³-hybridized carbons (Fsp3) is 0.571. The third kappa shape index (κ3) is 11.5. The van der Waals surface area contributed by atoms with Crippen molar-refractivity contribution in [2.45, 2.75) is 66.7 Å². The van der Waals surface area contributed by atoms with Crippen LogP contribution >= 0.6 is 0 Å². The maximum atomic E-state index is 6.92. The first kappa shape index (κ1) is 29.4. The molecule has 1 saturated heterocycles. The number of hydrogen-bond acceptors (Lipinski definition) is 6. The molecule has 0 radical (unpaired) electrons. The summed E-state index contributed by atoms with van der Waals surface area (Å²) >= 11 is 0. The molecule has 6 heteroatoms. The molecule has 0 atom stereocenters. The average molecular weight is 470 g/mol. The zero-order chi connectivity index (χ0) is 25.2. The summed E-state index contributed by atoms with van der Waals surface area (Å²) in [4.78, 5) is 9.16. The lowest BCUT2D eigenvalue weighted by Crippen LogP contribution is -2.33. The summed E-state index contributed by atoms with van der Waals surface area (Å²) in [5.74, 6) is 1.18.